The molecule has 2 rings (SSSR count). The van der Waals surface area contributed by atoms with Crippen molar-refractivity contribution < 1.29 is 9.59 Å². The summed E-state index contributed by atoms with van der Waals surface area (Å²) in [4.78, 5) is 21.9. The molecule has 0 aromatic rings. The number of carbonyl (C=O) groups excluding carboxylic acids is 2. The van der Waals surface area contributed by atoms with Crippen molar-refractivity contribution in [2.75, 3.05) is 13.1 Å². The summed E-state index contributed by atoms with van der Waals surface area (Å²) >= 11 is 0. The Morgan fingerprint density at radius 3 is 2.79 bits per heavy atom. The molecule has 0 radical (unpaired) electrons. The molecule has 0 N–H and O–H groups in total. The first-order chi connectivity index (χ1) is 6.83. The molecule has 1 aliphatic carbocycles. The maximum absolute atomic E-state index is 11.6. The normalized spacial score (nSPS) is 24.0. The van der Waals surface area contributed by atoms with Gasteiger partial charge in [0.1, 0.15) is 6.29 Å². The highest BCUT2D eigenvalue weighted by molar-refractivity contribution is 5.78. The topological polar surface area (TPSA) is 40.6 Å². The van der Waals surface area contributed by atoms with Crippen LogP contribution in [0.2, 0.25) is 0 Å². The zero-order valence-corrected chi connectivity index (χ0v) is 8.32. The second-order valence-electron chi connectivity index (χ2n) is 3.98. The molecular weight excluding hydrogens is 180 g/mol. The van der Waals surface area contributed by atoms with Crippen LogP contribution in [0.15, 0.2) is 0 Å². The van der Waals surface area contributed by atoms with Gasteiger partial charge in [0, 0.05) is 32.0 Å². The number of amides is 1. The SMILES string of the molecule is O=CCCN1CCC(=O)N1C1CCC1. The summed E-state index contributed by atoms with van der Waals surface area (Å²) in [7, 11) is 0. The third kappa shape index (κ3) is 1.66. The fraction of sp³-hybridized carbons (Fsp3) is 0.800. The summed E-state index contributed by atoms with van der Waals surface area (Å²) in [5.74, 6) is 0.237. The van der Waals surface area contributed by atoms with E-state index in [0.29, 0.717) is 25.4 Å². The monoisotopic (exact) mass is 196 g/mol. The molecule has 0 atom stereocenters. The average Bonchev–Trinajstić information content (AvgIpc) is 2.43. The highest BCUT2D eigenvalue weighted by Crippen LogP contribution is 2.29. The molecular formula is C10H16N2O2. The van der Waals surface area contributed by atoms with Gasteiger partial charge >= 0.3 is 0 Å². The van der Waals surface area contributed by atoms with Gasteiger partial charge in [-0.05, 0) is 19.3 Å². The molecule has 0 aromatic carbocycles. The number of nitrogens with zero attached hydrogens (tertiary/aromatic N) is 2. The maximum atomic E-state index is 11.6. The van der Waals surface area contributed by atoms with E-state index in [1.807, 2.05) is 10.0 Å². The third-order valence-electron chi connectivity index (χ3n) is 3.07. The number of hydrogen-bond donors (Lipinski definition) is 0. The first-order valence-corrected chi connectivity index (χ1v) is 5.33. The van der Waals surface area contributed by atoms with Crippen molar-refractivity contribution in [2.45, 2.75) is 38.1 Å². The van der Waals surface area contributed by atoms with Crippen molar-refractivity contribution >= 4 is 12.2 Å². The van der Waals surface area contributed by atoms with Gasteiger partial charge in [-0.15, -0.1) is 0 Å². The van der Waals surface area contributed by atoms with Crippen LogP contribution < -0.4 is 0 Å². The minimum atomic E-state index is 0.237. The van der Waals surface area contributed by atoms with Gasteiger partial charge in [0.05, 0.1) is 0 Å². The molecule has 2 fully saturated rings. The Labute approximate surface area is 83.8 Å². The molecule has 4 nitrogen and oxygen atoms in total. The van der Waals surface area contributed by atoms with E-state index in [2.05, 4.69) is 0 Å². The number of carbonyl (C=O) groups is 2. The molecule has 0 bridgehead atoms. The van der Waals surface area contributed by atoms with Crippen LogP contribution in [0.5, 0.6) is 0 Å². The number of rotatable bonds is 4. The van der Waals surface area contributed by atoms with Crippen molar-refractivity contribution in [3.63, 3.8) is 0 Å². The quantitative estimate of drug-likeness (QED) is 0.617. The van der Waals surface area contributed by atoms with E-state index in [-0.39, 0.29) is 5.91 Å². The molecule has 0 aromatic heterocycles. The van der Waals surface area contributed by atoms with Crippen LogP contribution in [-0.2, 0) is 9.59 Å². The standard InChI is InChI=1S/C10H16N2O2/c13-8-2-6-11-7-5-10(14)12(11)9-3-1-4-9/h8-9H,1-7H2. The fourth-order valence-electron chi connectivity index (χ4n) is 2.09. The van der Waals surface area contributed by atoms with E-state index >= 15 is 0 Å². The summed E-state index contributed by atoms with van der Waals surface area (Å²) < 4.78 is 0. The number of hydrazine groups is 1. The van der Waals surface area contributed by atoms with Crippen LogP contribution in [0.25, 0.3) is 0 Å². The lowest BCUT2D eigenvalue weighted by atomic mass is 9.92. The van der Waals surface area contributed by atoms with E-state index in [4.69, 9.17) is 0 Å². The molecule has 1 saturated carbocycles. The van der Waals surface area contributed by atoms with Gasteiger partial charge in [0.2, 0.25) is 5.91 Å². The zero-order valence-electron chi connectivity index (χ0n) is 8.32. The lowest BCUT2D eigenvalue weighted by Crippen LogP contribution is -2.49. The van der Waals surface area contributed by atoms with Gasteiger partial charge in [-0.2, -0.15) is 0 Å². The van der Waals surface area contributed by atoms with Gasteiger partial charge in [-0.1, -0.05) is 0 Å². The highest BCUT2D eigenvalue weighted by Gasteiger charge is 2.36. The van der Waals surface area contributed by atoms with Crippen LogP contribution in [-0.4, -0.2) is 41.3 Å². The van der Waals surface area contributed by atoms with E-state index in [9.17, 15) is 9.59 Å². The Hall–Kier alpha value is -0.900. The molecule has 1 aliphatic heterocycles. The van der Waals surface area contributed by atoms with Crippen LogP contribution in [0.1, 0.15) is 32.1 Å². The van der Waals surface area contributed by atoms with E-state index in [1.165, 1.54) is 6.42 Å². The van der Waals surface area contributed by atoms with Gasteiger partial charge in [-0.3, -0.25) is 9.80 Å². The molecule has 78 valence electrons. The van der Waals surface area contributed by atoms with Crippen molar-refractivity contribution in [1.29, 1.82) is 0 Å². The fourth-order valence-corrected chi connectivity index (χ4v) is 2.09. The largest absolute Gasteiger partial charge is 0.303 e. The van der Waals surface area contributed by atoms with Crippen molar-refractivity contribution in [2.24, 2.45) is 0 Å². The summed E-state index contributed by atoms with van der Waals surface area (Å²) in [6.07, 6.45) is 5.55. The molecule has 14 heavy (non-hydrogen) atoms. The van der Waals surface area contributed by atoms with Crippen LogP contribution in [0.3, 0.4) is 0 Å². The predicted molar refractivity (Wildman–Crippen MR) is 51.4 cm³/mol. The second-order valence-corrected chi connectivity index (χ2v) is 3.98. The summed E-state index contributed by atoms with van der Waals surface area (Å²) in [6, 6.07) is 0.427. The molecule has 1 heterocycles. The average molecular weight is 196 g/mol. The Bertz CT molecular complexity index is 238. The van der Waals surface area contributed by atoms with Crippen LogP contribution in [0, 0.1) is 0 Å². The molecule has 1 saturated heterocycles. The van der Waals surface area contributed by atoms with Crippen LogP contribution >= 0.6 is 0 Å². The van der Waals surface area contributed by atoms with Crippen molar-refractivity contribution in [3.8, 4) is 0 Å². The first-order valence-electron chi connectivity index (χ1n) is 5.33. The van der Waals surface area contributed by atoms with Gasteiger partial charge in [0.15, 0.2) is 0 Å². The molecule has 4 heteroatoms. The third-order valence-corrected chi connectivity index (χ3v) is 3.07. The molecule has 0 unspecified atom stereocenters. The minimum absolute atomic E-state index is 0.237. The number of aldehydes is 1. The van der Waals surface area contributed by atoms with E-state index in [1.54, 1.807) is 0 Å². The smallest absolute Gasteiger partial charge is 0.238 e. The number of hydrogen-bond acceptors (Lipinski definition) is 3. The molecule has 2 aliphatic rings. The van der Waals surface area contributed by atoms with Crippen molar-refractivity contribution in [3.05, 3.63) is 0 Å². The van der Waals surface area contributed by atoms with Gasteiger partial charge < -0.3 is 4.79 Å². The second kappa shape index (κ2) is 4.09. The van der Waals surface area contributed by atoms with Gasteiger partial charge in [-0.25, -0.2) is 5.01 Å². The van der Waals surface area contributed by atoms with Crippen LogP contribution in [0.4, 0.5) is 0 Å². The van der Waals surface area contributed by atoms with E-state index < -0.39 is 0 Å². The lowest BCUT2D eigenvalue weighted by molar-refractivity contribution is -0.147. The zero-order chi connectivity index (χ0) is 9.97. The summed E-state index contributed by atoms with van der Waals surface area (Å²) in [6.45, 7) is 1.49. The summed E-state index contributed by atoms with van der Waals surface area (Å²) in [5, 5.41) is 3.94. The Kier molecular flexibility index (Phi) is 2.82. The Morgan fingerprint density at radius 2 is 2.21 bits per heavy atom. The first kappa shape index (κ1) is 9.65. The minimum Gasteiger partial charge on any atom is -0.303 e. The van der Waals surface area contributed by atoms with E-state index in [0.717, 1.165) is 25.7 Å². The highest BCUT2D eigenvalue weighted by atomic mass is 16.2. The molecule has 0 spiro atoms. The van der Waals surface area contributed by atoms with Gasteiger partial charge in [0.25, 0.3) is 0 Å². The maximum Gasteiger partial charge on any atom is 0.238 e. The lowest BCUT2D eigenvalue weighted by Gasteiger charge is -2.39. The molecule has 1 amide bonds. The van der Waals surface area contributed by atoms with Crippen molar-refractivity contribution in [1.82, 2.24) is 10.0 Å². The predicted octanol–water partition coefficient (Wildman–Crippen LogP) is 0.577. The summed E-state index contributed by atoms with van der Waals surface area (Å²) in [5.41, 5.74) is 0. The Balaban J connectivity index is 1.94. The Morgan fingerprint density at radius 1 is 1.43 bits per heavy atom.